The van der Waals surface area contributed by atoms with E-state index in [4.69, 9.17) is 4.74 Å². The molecule has 0 amide bonds. The molecule has 0 spiro atoms. The molecule has 0 aromatic carbocycles. The molecule has 1 fully saturated rings. The zero-order valence-electron chi connectivity index (χ0n) is 10.6. The fourth-order valence-corrected chi connectivity index (χ4v) is 2.39. The lowest BCUT2D eigenvalue weighted by molar-refractivity contribution is 0.185. The summed E-state index contributed by atoms with van der Waals surface area (Å²) in [7, 11) is 0. The lowest BCUT2D eigenvalue weighted by atomic mass is 10.1. The van der Waals surface area contributed by atoms with Crippen molar-refractivity contribution in [1.82, 2.24) is 14.6 Å². The van der Waals surface area contributed by atoms with Gasteiger partial charge in [-0.05, 0) is 31.7 Å². The molecule has 5 heteroatoms. The largest absolute Gasteiger partial charge is 0.381 e. The van der Waals surface area contributed by atoms with E-state index in [-0.39, 0.29) is 0 Å². The number of hydrogen-bond acceptors (Lipinski definition) is 4. The molecule has 96 valence electrons. The van der Waals surface area contributed by atoms with Crippen LogP contribution in [0.2, 0.25) is 0 Å². The van der Waals surface area contributed by atoms with Crippen molar-refractivity contribution in [3.8, 4) is 0 Å². The van der Waals surface area contributed by atoms with Crippen LogP contribution in [0.5, 0.6) is 0 Å². The Bertz CT molecular complexity index is 531. The Kier molecular flexibility index (Phi) is 3.15. The second-order valence-corrected chi connectivity index (χ2v) is 4.84. The van der Waals surface area contributed by atoms with Crippen molar-refractivity contribution >= 4 is 11.3 Å². The van der Waals surface area contributed by atoms with Gasteiger partial charge in [0.25, 0.3) is 0 Å². The number of nitrogens with zero attached hydrogens (tertiary/aromatic N) is 3. The summed E-state index contributed by atoms with van der Waals surface area (Å²) < 4.78 is 7.24. The Labute approximate surface area is 106 Å². The Morgan fingerprint density at radius 3 is 3.33 bits per heavy atom. The lowest BCUT2D eigenvalue weighted by Crippen LogP contribution is -2.10. The third-order valence-corrected chi connectivity index (χ3v) is 3.38. The minimum Gasteiger partial charge on any atom is -0.381 e. The monoisotopic (exact) mass is 246 g/mol. The number of hydrogen-bond donors (Lipinski definition) is 1. The Balaban J connectivity index is 1.66. The van der Waals surface area contributed by atoms with Crippen molar-refractivity contribution in [2.45, 2.75) is 19.8 Å². The fourth-order valence-electron chi connectivity index (χ4n) is 2.39. The summed E-state index contributed by atoms with van der Waals surface area (Å²) >= 11 is 0. The third-order valence-electron chi connectivity index (χ3n) is 3.38. The van der Waals surface area contributed by atoms with Gasteiger partial charge in [-0.3, -0.25) is 0 Å². The molecule has 2 aromatic heterocycles. The lowest BCUT2D eigenvalue weighted by Gasteiger charge is -2.09. The van der Waals surface area contributed by atoms with Gasteiger partial charge in [0.1, 0.15) is 5.52 Å². The van der Waals surface area contributed by atoms with E-state index < -0.39 is 0 Å². The molecular weight excluding hydrogens is 228 g/mol. The molecule has 1 N–H and O–H groups in total. The van der Waals surface area contributed by atoms with Crippen LogP contribution in [0.3, 0.4) is 0 Å². The van der Waals surface area contributed by atoms with Crippen molar-refractivity contribution in [3.63, 3.8) is 0 Å². The van der Waals surface area contributed by atoms with Gasteiger partial charge in [0.15, 0.2) is 5.82 Å². The van der Waals surface area contributed by atoms with E-state index in [1.807, 2.05) is 23.7 Å². The van der Waals surface area contributed by atoms with E-state index in [1.165, 1.54) is 6.42 Å². The molecular formula is C13H18N4O. The molecule has 1 atom stereocenters. The van der Waals surface area contributed by atoms with Crippen LogP contribution in [0.15, 0.2) is 18.5 Å². The van der Waals surface area contributed by atoms with Crippen LogP contribution >= 0.6 is 0 Å². The fraction of sp³-hybridized carbons (Fsp3) is 0.538. The second kappa shape index (κ2) is 4.94. The summed E-state index contributed by atoms with van der Waals surface area (Å²) in [5.74, 6) is 1.61. The van der Waals surface area contributed by atoms with E-state index in [9.17, 15) is 0 Å². The quantitative estimate of drug-likeness (QED) is 0.895. The predicted molar refractivity (Wildman–Crippen MR) is 69.8 cm³/mol. The standard InChI is InChI=1S/C13H18N4O/c1-10-8-12-13(15-5-6-17(12)16-10)14-4-2-11-3-7-18-9-11/h5-6,8,11H,2-4,7,9H2,1H3,(H,14,15). The highest BCUT2D eigenvalue weighted by Crippen LogP contribution is 2.18. The summed E-state index contributed by atoms with van der Waals surface area (Å²) in [6, 6.07) is 2.05. The predicted octanol–water partition coefficient (Wildman–Crippen LogP) is 1.88. The Morgan fingerprint density at radius 2 is 2.50 bits per heavy atom. The number of nitrogens with one attached hydrogen (secondary N) is 1. The smallest absolute Gasteiger partial charge is 0.152 e. The van der Waals surface area contributed by atoms with Gasteiger partial charge in [-0.2, -0.15) is 5.10 Å². The number of ether oxygens (including phenoxy) is 1. The molecule has 1 aliphatic rings. The van der Waals surface area contributed by atoms with Gasteiger partial charge in [0, 0.05) is 32.2 Å². The van der Waals surface area contributed by atoms with Crippen molar-refractivity contribution < 1.29 is 4.74 Å². The number of aromatic nitrogens is 3. The highest BCUT2D eigenvalue weighted by molar-refractivity contribution is 5.67. The number of aryl methyl sites for hydroxylation is 1. The van der Waals surface area contributed by atoms with Crippen LogP contribution in [0, 0.1) is 12.8 Å². The first kappa shape index (κ1) is 11.5. The van der Waals surface area contributed by atoms with Crippen LogP contribution in [0.4, 0.5) is 5.82 Å². The maximum Gasteiger partial charge on any atom is 0.152 e. The van der Waals surface area contributed by atoms with Crippen LogP contribution in [-0.2, 0) is 4.74 Å². The summed E-state index contributed by atoms with van der Waals surface area (Å²) in [6.45, 7) is 4.75. The van der Waals surface area contributed by atoms with Crippen molar-refractivity contribution in [2.75, 3.05) is 25.1 Å². The minimum absolute atomic E-state index is 0.698. The maximum absolute atomic E-state index is 5.38. The van der Waals surface area contributed by atoms with Gasteiger partial charge in [0.2, 0.25) is 0 Å². The highest BCUT2D eigenvalue weighted by atomic mass is 16.5. The zero-order valence-corrected chi connectivity index (χ0v) is 10.6. The Morgan fingerprint density at radius 1 is 1.56 bits per heavy atom. The van der Waals surface area contributed by atoms with Crippen LogP contribution < -0.4 is 5.32 Å². The van der Waals surface area contributed by atoms with E-state index in [2.05, 4.69) is 15.4 Å². The zero-order chi connectivity index (χ0) is 12.4. The van der Waals surface area contributed by atoms with Gasteiger partial charge in [0.05, 0.1) is 5.69 Å². The normalized spacial score (nSPS) is 19.5. The first-order valence-electron chi connectivity index (χ1n) is 6.45. The molecule has 2 aromatic rings. The SMILES string of the molecule is Cc1cc2c(NCCC3CCOC3)nccn2n1. The van der Waals surface area contributed by atoms with Gasteiger partial charge in [-0.15, -0.1) is 0 Å². The van der Waals surface area contributed by atoms with Crippen LogP contribution in [-0.4, -0.2) is 34.4 Å². The minimum atomic E-state index is 0.698. The summed E-state index contributed by atoms with van der Waals surface area (Å²) in [6.07, 6.45) is 5.97. The average molecular weight is 246 g/mol. The number of anilines is 1. The van der Waals surface area contributed by atoms with E-state index in [0.29, 0.717) is 5.92 Å². The van der Waals surface area contributed by atoms with Crippen molar-refractivity contribution in [2.24, 2.45) is 5.92 Å². The van der Waals surface area contributed by atoms with Crippen LogP contribution in [0.25, 0.3) is 5.52 Å². The van der Waals surface area contributed by atoms with Crippen LogP contribution in [0.1, 0.15) is 18.5 Å². The second-order valence-electron chi connectivity index (χ2n) is 4.84. The number of rotatable bonds is 4. The summed E-state index contributed by atoms with van der Waals surface area (Å²) in [5, 5.41) is 7.78. The van der Waals surface area contributed by atoms with Gasteiger partial charge < -0.3 is 10.1 Å². The van der Waals surface area contributed by atoms with Gasteiger partial charge in [-0.25, -0.2) is 9.50 Å². The Hall–Kier alpha value is -1.62. The molecule has 5 nitrogen and oxygen atoms in total. The van der Waals surface area contributed by atoms with Crippen molar-refractivity contribution in [1.29, 1.82) is 0 Å². The molecule has 18 heavy (non-hydrogen) atoms. The third kappa shape index (κ3) is 2.31. The highest BCUT2D eigenvalue weighted by Gasteiger charge is 2.15. The topological polar surface area (TPSA) is 51.5 Å². The van der Waals surface area contributed by atoms with Gasteiger partial charge >= 0.3 is 0 Å². The molecule has 3 rings (SSSR count). The molecule has 1 saturated heterocycles. The maximum atomic E-state index is 5.38. The summed E-state index contributed by atoms with van der Waals surface area (Å²) in [5.41, 5.74) is 2.05. The number of fused-ring (bicyclic) bond motifs is 1. The molecule has 0 saturated carbocycles. The van der Waals surface area contributed by atoms with E-state index in [0.717, 1.165) is 43.2 Å². The van der Waals surface area contributed by atoms with E-state index >= 15 is 0 Å². The van der Waals surface area contributed by atoms with E-state index in [1.54, 1.807) is 6.20 Å². The van der Waals surface area contributed by atoms with Gasteiger partial charge in [-0.1, -0.05) is 0 Å². The molecule has 0 aliphatic carbocycles. The summed E-state index contributed by atoms with van der Waals surface area (Å²) in [4.78, 5) is 4.38. The molecule has 0 bridgehead atoms. The average Bonchev–Trinajstić information content (AvgIpc) is 2.97. The first-order valence-corrected chi connectivity index (χ1v) is 6.45. The molecule has 0 radical (unpaired) electrons. The molecule has 1 unspecified atom stereocenters. The van der Waals surface area contributed by atoms with Crippen molar-refractivity contribution in [3.05, 3.63) is 24.2 Å². The molecule has 3 heterocycles. The molecule has 1 aliphatic heterocycles. The first-order chi connectivity index (χ1) is 8.83.